The number of hydrogen-bond acceptors (Lipinski definition) is 18. The summed E-state index contributed by atoms with van der Waals surface area (Å²) in [5, 5.41) is 74.9. The highest BCUT2D eigenvalue weighted by atomic mass is 35.5. The Morgan fingerprint density at radius 2 is 0.965 bits per heavy atom. The lowest BCUT2D eigenvalue weighted by Gasteiger charge is -2.43. The number of aromatic nitrogens is 12. The molecule has 2 saturated heterocycles. The topological polar surface area (TPSA) is 299 Å². The third kappa shape index (κ3) is 13.0. The Hall–Kier alpha value is -6.48. The van der Waals surface area contributed by atoms with Gasteiger partial charge in [-0.3, -0.25) is 9.59 Å². The van der Waals surface area contributed by atoms with Crippen molar-refractivity contribution in [1.29, 1.82) is 0 Å². The Morgan fingerprint density at radius 3 is 1.33 bits per heavy atom. The van der Waals surface area contributed by atoms with Crippen LogP contribution in [0.25, 0.3) is 33.9 Å². The fraction of sp³-hybridized carbons (Fsp3) is 0.346. The Balaban J connectivity index is 0.875. The minimum Gasteiger partial charge on any atom is -0.394 e. The van der Waals surface area contributed by atoms with Gasteiger partial charge in [-0.15, -0.1) is 10.2 Å². The number of nitrogens with zero attached hydrogens (tertiary/aromatic N) is 12. The van der Waals surface area contributed by atoms with Crippen LogP contribution in [0.3, 0.4) is 0 Å². The first-order chi connectivity index (χ1) is 41.1. The first-order valence-electron chi connectivity index (χ1n) is 25.7. The van der Waals surface area contributed by atoms with E-state index in [9.17, 15) is 47.6 Å². The van der Waals surface area contributed by atoms with Crippen LogP contribution >= 0.6 is 69.6 Å². The molecular formula is C52H46Cl6F4N14O10. The third-order valence-corrected chi connectivity index (χ3v) is 15.6. The number of carbonyl (C=O) groups excluding carboxylic acids is 2. The van der Waals surface area contributed by atoms with Crippen LogP contribution in [0.5, 0.6) is 0 Å². The maximum Gasteiger partial charge on any atom is 0.246 e. The van der Waals surface area contributed by atoms with Gasteiger partial charge in [0.15, 0.2) is 11.6 Å². The van der Waals surface area contributed by atoms with Crippen LogP contribution in [0.4, 0.5) is 17.6 Å². The molecule has 0 radical (unpaired) electrons. The minimum absolute atomic E-state index is 0.0135. The van der Waals surface area contributed by atoms with Crippen molar-refractivity contribution >= 4 is 81.4 Å². The molecule has 8 aromatic rings. The average molecular weight is 1320 g/mol. The van der Waals surface area contributed by atoms with Crippen molar-refractivity contribution in [2.45, 2.75) is 74.8 Å². The maximum absolute atomic E-state index is 14.6. The molecule has 2 aliphatic heterocycles. The van der Waals surface area contributed by atoms with Gasteiger partial charge in [-0.1, -0.05) is 80.0 Å². The van der Waals surface area contributed by atoms with Crippen molar-refractivity contribution in [2.24, 2.45) is 0 Å². The summed E-state index contributed by atoms with van der Waals surface area (Å²) in [6, 6.07) is 10.1. The minimum atomic E-state index is -1.66. The molecule has 4 aromatic carbocycles. The number of amides is 2. The molecular weight excluding hydrogens is 1270 g/mol. The molecule has 454 valence electrons. The van der Waals surface area contributed by atoms with E-state index in [0.717, 1.165) is 33.6 Å². The van der Waals surface area contributed by atoms with E-state index in [1.54, 1.807) is 26.0 Å². The molecule has 2 amide bonds. The van der Waals surface area contributed by atoms with Crippen LogP contribution in [0.1, 0.15) is 47.6 Å². The number of aliphatic hydroxyl groups is 4. The second-order valence-electron chi connectivity index (χ2n) is 19.5. The summed E-state index contributed by atoms with van der Waals surface area (Å²) in [4.78, 5) is 36.6. The number of rotatable bonds is 19. The van der Waals surface area contributed by atoms with Gasteiger partial charge >= 0.3 is 0 Å². The summed E-state index contributed by atoms with van der Waals surface area (Å²) in [6.07, 6.45) is -9.27. The third-order valence-electron chi connectivity index (χ3n) is 13.8. The highest BCUT2D eigenvalue weighted by Gasteiger charge is 2.52. The predicted molar refractivity (Wildman–Crippen MR) is 298 cm³/mol. The molecule has 2 fully saturated rings. The van der Waals surface area contributed by atoms with Crippen molar-refractivity contribution in [3.8, 4) is 33.9 Å². The monoisotopic (exact) mass is 1310 g/mol. The molecule has 2 aliphatic rings. The van der Waals surface area contributed by atoms with E-state index in [1.807, 2.05) is 0 Å². The van der Waals surface area contributed by atoms with Gasteiger partial charge < -0.3 is 50.0 Å². The molecule has 24 nitrogen and oxygen atoms in total. The second-order valence-corrected chi connectivity index (χ2v) is 21.9. The first-order valence-corrected chi connectivity index (χ1v) is 28.0. The number of carbonyl (C=O) groups is 2. The van der Waals surface area contributed by atoms with E-state index < -0.39 is 132 Å². The fourth-order valence-electron chi connectivity index (χ4n) is 9.83. The normalized spacial score (nSPS) is 22.3. The zero-order valence-corrected chi connectivity index (χ0v) is 48.9. The van der Waals surface area contributed by atoms with Crippen molar-refractivity contribution in [3.63, 3.8) is 0 Å². The Kier molecular flexibility index (Phi) is 19.3. The molecule has 0 saturated carbocycles. The van der Waals surface area contributed by atoms with Crippen molar-refractivity contribution in [1.82, 2.24) is 70.2 Å². The lowest BCUT2D eigenvalue weighted by atomic mass is 9.91. The van der Waals surface area contributed by atoms with Crippen LogP contribution in [-0.2, 0) is 28.5 Å². The van der Waals surface area contributed by atoms with Gasteiger partial charge in [-0.05, 0) is 74.5 Å². The Morgan fingerprint density at radius 1 is 0.593 bits per heavy atom. The molecule has 10 rings (SSSR count). The molecule has 0 aliphatic carbocycles. The summed E-state index contributed by atoms with van der Waals surface area (Å²) in [5.41, 5.74) is 0.197. The van der Waals surface area contributed by atoms with Gasteiger partial charge in [-0.2, -0.15) is 10.2 Å². The summed E-state index contributed by atoms with van der Waals surface area (Å²) < 4.78 is 88.5. The van der Waals surface area contributed by atoms with E-state index in [4.69, 9.17) is 88.6 Å². The standard InChI is InChI=1S/C52H46Cl6F4N14O10/c1-21-65-51(75(69-21)35-13-25(53)3-5-27(35)55)49-47(43(45(81)37(17-77)85-49)73-15-33(67-71-73)23-9-29(59)41(57)30(60)10-23)83-19-39(79)63-7-8-64-40(80)20-84-48-44(74-16-34(68-72-74)24-11-31(61)42(58)32(62)12-24)46(82)38(18-78)86-50(48)52-66-22(2)70-76(52)36-14-26(54)4-6-28(36)56/h3-6,9-16,37-38,43-50,77-78,81-82H,7-8,17-20H2,1-2H3,(H,63,79)(H,64,80)/t37-,38+,43+,44-,45+,46-,47-,48+,49-,50+. The largest absolute Gasteiger partial charge is 0.394 e. The molecule has 86 heavy (non-hydrogen) atoms. The van der Waals surface area contributed by atoms with E-state index in [1.165, 1.54) is 46.0 Å². The number of ether oxygens (including phenoxy) is 4. The molecule has 34 heteroatoms. The lowest BCUT2D eigenvalue weighted by molar-refractivity contribution is -0.223. The highest BCUT2D eigenvalue weighted by molar-refractivity contribution is 6.35. The summed E-state index contributed by atoms with van der Waals surface area (Å²) in [7, 11) is 0. The number of aliphatic hydroxyl groups excluding tert-OH is 4. The number of nitrogens with one attached hydrogen (secondary N) is 2. The fourth-order valence-corrected chi connectivity index (χ4v) is 10.8. The predicted octanol–water partition coefficient (Wildman–Crippen LogP) is 6.23. The molecule has 4 aromatic heterocycles. The van der Waals surface area contributed by atoms with Gasteiger partial charge in [0.2, 0.25) is 11.8 Å². The van der Waals surface area contributed by atoms with Gasteiger partial charge in [0, 0.05) is 34.3 Å². The van der Waals surface area contributed by atoms with Crippen molar-refractivity contribution < 1.29 is 66.5 Å². The second kappa shape index (κ2) is 26.5. The first kappa shape index (κ1) is 62.6. The molecule has 0 spiro atoms. The molecule has 6 N–H and O–H groups in total. The van der Waals surface area contributed by atoms with E-state index >= 15 is 0 Å². The lowest BCUT2D eigenvalue weighted by Crippen LogP contribution is -2.54. The highest BCUT2D eigenvalue weighted by Crippen LogP contribution is 2.44. The molecule has 0 bridgehead atoms. The van der Waals surface area contributed by atoms with E-state index in [0.29, 0.717) is 0 Å². The van der Waals surface area contributed by atoms with Crippen LogP contribution in [0, 0.1) is 37.1 Å². The smallest absolute Gasteiger partial charge is 0.246 e. The number of aryl methyl sites for hydroxylation is 2. The Labute approximate surface area is 513 Å². The van der Waals surface area contributed by atoms with Crippen LogP contribution in [0.2, 0.25) is 30.1 Å². The quantitative estimate of drug-likeness (QED) is 0.0297. The molecule has 6 heterocycles. The van der Waals surface area contributed by atoms with Crippen molar-refractivity contribution in [2.75, 3.05) is 39.5 Å². The van der Waals surface area contributed by atoms with E-state index in [2.05, 4.69) is 51.4 Å². The summed E-state index contributed by atoms with van der Waals surface area (Å²) in [6.45, 7) is -0.341. The summed E-state index contributed by atoms with van der Waals surface area (Å²) >= 11 is 37.5. The van der Waals surface area contributed by atoms with Crippen molar-refractivity contribution in [3.05, 3.63) is 150 Å². The zero-order chi connectivity index (χ0) is 61.4. The SMILES string of the molecule is Cc1nc([C@H]2O[C@@H](CO)[C@@H](O)[C@@H](n3cc(-c4cc(F)c(Cl)c(F)c4)nn3)[C@@H]2OCC(=O)NCCNC(=O)CO[C@@H]2[C@@H](n3cc(-c4cc(F)c(Cl)c(F)c4)nn3)[C@@H](O)[C@@H](CO)O[C@H]2c2nc(C)nn2-c2cc(Cl)ccc2Cl)n(-c2cc(Cl)ccc2Cl)n1. The Bertz CT molecular complexity index is 3540. The summed E-state index contributed by atoms with van der Waals surface area (Å²) in [5.74, 6) is -5.43. The van der Waals surface area contributed by atoms with Crippen LogP contribution in [0.15, 0.2) is 73.1 Å². The van der Waals surface area contributed by atoms with Crippen LogP contribution in [-0.4, -0.2) is 168 Å². The molecule has 0 unspecified atom stereocenters. The van der Waals surface area contributed by atoms with Gasteiger partial charge in [0.1, 0.15) is 130 Å². The maximum atomic E-state index is 14.6. The zero-order valence-electron chi connectivity index (χ0n) is 44.3. The van der Waals surface area contributed by atoms with Gasteiger partial charge in [0.25, 0.3) is 0 Å². The number of halogens is 10. The van der Waals surface area contributed by atoms with Gasteiger partial charge in [0.05, 0.1) is 47.0 Å². The number of benzene rings is 4. The van der Waals surface area contributed by atoms with E-state index in [-0.39, 0.29) is 90.4 Å². The van der Waals surface area contributed by atoms with Crippen LogP contribution < -0.4 is 10.6 Å². The average Bonchev–Trinajstić information content (AvgIpc) is 1.55. The number of hydrogen-bond donors (Lipinski definition) is 6. The van der Waals surface area contributed by atoms with Gasteiger partial charge in [-0.25, -0.2) is 46.3 Å². The molecule has 10 atom stereocenters.